The topological polar surface area (TPSA) is 59.0 Å². The molecule has 5 heteroatoms. The van der Waals surface area contributed by atoms with E-state index in [9.17, 15) is 9.90 Å². The molecular weight excluding hydrogens is 258 g/mol. The van der Waals surface area contributed by atoms with Crippen LogP contribution < -0.4 is 0 Å². The number of aliphatic carboxylic acids is 1. The second-order valence-corrected chi connectivity index (χ2v) is 5.91. The molecule has 0 aromatic rings. The monoisotopic (exact) mass is 285 g/mol. The Morgan fingerprint density at radius 3 is 2.70 bits per heavy atom. The SMILES string of the molecule is CCCN(C1CCCCC1OC)C1COCC1C(=O)O. The Kier molecular flexibility index (Phi) is 5.81. The van der Waals surface area contributed by atoms with Gasteiger partial charge in [0, 0.05) is 19.2 Å². The van der Waals surface area contributed by atoms with E-state index in [1.54, 1.807) is 7.11 Å². The van der Waals surface area contributed by atoms with Crippen LogP contribution in [0.2, 0.25) is 0 Å². The zero-order valence-electron chi connectivity index (χ0n) is 12.6. The van der Waals surface area contributed by atoms with Crippen LogP contribution in [0, 0.1) is 5.92 Å². The van der Waals surface area contributed by atoms with Crippen molar-refractivity contribution in [3.8, 4) is 0 Å². The van der Waals surface area contributed by atoms with Gasteiger partial charge in [-0.15, -0.1) is 0 Å². The summed E-state index contributed by atoms with van der Waals surface area (Å²) in [5.74, 6) is -1.14. The van der Waals surface area contributed by atoms with Crippen molar-refractivity contribution in [3.05, 3.63) is 0 Å². The lowest BCUT2D eigenvalue weighted by Gasteiger charge is -2.43. The first-order valence-corrected chi connectivity index (χ1v) is 7.78. The van der Waals surface area contributed by atoms with Crippen LogP contribution in [0.5, 0.6) is 0 Å². The molecule has 2 rings (SSSR count). The molecule has 1 N–H and O–H groups in total. The van der Waals surface area contributed by atoms with Crippen molar-refractivity contribution in [1.29, 1.82) is 0 Å². The molecule has 4 unspecified atom stereocenters. The Labute approximate surface area is 121 Å². The van der Waals surface area contributed by atoms with Crippen LogP contribution in [0.1, 0.15) is 39.0 Å². The summed E-state index contributed by atoms with van der Waals surface area (Å²) in [4.78, 5) is 13.8. The van der Waals surface area contributed by atoms with Gasteiger partial charge < -0.3 is 14.6 Å². The summed E-state index contributed by atoms with van der Waals surface area (Å²) < 4.78 is 11.1. The normalized spacial score (nSPS) is 34.5. The fraction of sp³-hybridized carbons (Fsp3) is 0.933. The fourth-order valence-electron chi connectivity index (χ4n) is 3.67. The van der Waals surface area contributed by atoms with E-state index in [-0.39, 0.29) is 12.1 Å². The van der Waals surface area contributed by atoms with Gasteiger partial charge in [0.15, 0.2) is 0 Å². The highest BCUT2D eigenvalue weighted by Gasteiger charge is 2.42. The Hall–Kier alpha value is -0.650. The predicted octanol–water partition coefficient (Wildman–Crippen LogP) is 1.76. The highest BCUT2D eigenvalue weighted by molar-refractivity contribution is 5.71. The molecule has 2 aliphatic rings. The van der Waals surface area contributed by atoms with Crippen LogP contribution in [-0.2, 0) is 14.3 Å². The van der Waals surface area contributed by atoms with Gasteiger partial charge in [0.05, 0.1) is 25.2 Å². The zero-order valence-corrected chi connectivity index (χ0v) is 12.6. The van der Waals surface area contributed by atoms with E-state index in [0.29, 0.717) is 19.3 Å². The first-order valence-electron chi connectivity index (χ1n) is 7.78. The molecule has 1 saturated heterocycles. The van der Waals surface area contributed by atoms with E-state index in [4.69, 9.17) is 9.47 Å². The van der Waals surface area contributed by atoms with Crippen molar-refractivity contribution in [2.75, 3.05) is 26.9 Å². The molecule has 0 aromatic carbocycles. The summed E-state index contributed by atoms with van der Waals surface area (Å²) in [5.41, 5.74) is 0. The molecule has 0 bridgehead atoms. The third kappa shape index (κ3) is 3.32. The molecule has 2 fully saturated rings. The smallest absolute Gasteiger partial charge is 0.310 e. The summed E-state index contributed by atoms with van der Waals surface area (Å²) >= 11 is 0. The van der Waals surface area contributed by atoms with Gasteiger partial charge in [-0.25, -0.2) is 0 Å². The van der Waals surface area contributed by atoms with Crippen molar-refractivity contribution >= 4 is 5.97 Å². The highest BCUT2D eigenvalue weighted by atomic mass is 16.5. The maximum atomic E-state index is 11.4. The van der Waals surface area contributed by atoms with Crippen molar-refractivity contribution in [2.45, 2.75) is 57.2 Å². The molecule has 1 aliphatic heterocycles. The number of hydrogen-bond donors (Lipinski definition) is 1. The molecule has 0 radical (unpaired) electrons. The van der Waals surface area contributed by atoms with Crippen molar-refractivity contribution < 1.29 is 19.4 Å². The van der Waals surface area contributed by atoms with Crippen LogP contribution >= 0.6 is 0 Å². The maximum absolute atomic E-state index is 11.4. The number of hydrogen-bond acceptors (Lipinski definition) is 4. The minimum Gasteiger partial charge on any atom is -0.481 e. The Bertz CT molecular complexity index is 323. The molecule has 0 aromatic heterocycles. The van der Waals surface area contributed by atoms with E-state index in [0.717, 1.165) is 25.8 Å². The van der Waals surface area contributed by atoms with Crippen LogP contribution in [0.25, 0.3) is 0 Å². The average Bonchev–Trinajstić information content (AvgIpc) is 2.94. The van der Waals surface area contributed by atoms with E-state index < -0.39 is 11.9 Å². The summed E-state index contributed by atoms with van der Waals surface area (Å²) in [6, 6.07) is 0.329. The molecular formula is C15H27NO4. The number of methoxy groups -OCH3 is 1. The molecule has 5 nitrogen and oxygen atoms in total. The number of ether oxygens (including phenoxy) is 2. The van der Waals surface area contributed by atoms with Crippen LogP contribution in [0.3, 0.4) is 0 Å². The molecule has 116 valence electrons. The second-order valence-electron chi connectivity index (χ2n) is 5.91. The number of carboxylic acids is 1. The Balaban J connectivity index is 2.14. The van der Waals surface area contributed by atoms with E-state index >= 15 is 0 Å². The summed E-state index contributed by atoms with van der Waals surface area (Å²) in [7, 11) is 1.77. The third-order valence-corrected chi connectivity index (χ3v) is 4.67. The molecule has 20 heavy (non-hydrogen) atoms. The standard InChI is InChI=1S/C15H27NO4/c1-3-8-16(12-6-4-5-7-14(12)19-2)13-10-20-9-11(13)15(17)18/h11-14H,3-10H2,1-2H3,(H,17,18). The Morgan fingerprint density at radius 1 is 1.30 bits per heavy atom. The number of carboxylic acid groups (broad SMARTS) is 1. The second kappa shape index (κ2) is 7.38. The average molecular weight is 285 g/mol. The minimum absolute atomic E-state index is 0.00630. The van der Waals surface area contributed by atoms with Crippen LogP contribution in [0.15, 0.2) is 0 Å². The molecule has 4 atom stereocenters. The van der Waals surface area contributed by atoms with E-state index in [1.165, 1.54) is 12.8 Å². The van der Waals surface area contributed by atoms with Crippen molar-refractivity contribution in [1.82, 2.24) is 4.90 Å². The van der Waals surface area contributed by atoms with Gasteiger partial charge in [-0.05, 0) is 25.8 Å². The molecule has 0 spiro atoms. The maximum Gasteiger partial charge on any atom is 0.310 e. The number of rotatable bonds is 6. The van der Waals surface area contributed by atoms with Crippen molar-refractivity contribution in [2.24, 2.45) is 5.92 Å². The Morgan fingerprint density at radius 2 is 2.05 bits per heavy atom. The molecule has 1 aliphatic carbocycles. The lowest BCUT2D eigenvalue weighted by Crippen LogP contribution is -2.54. The quantitative estimate of drug-likeness (QED) is 0.806. The van der Waals surface area contributed by atoms with Crippen LogP contribution in [-0.4, -0.2) is 61.0 Å². The zero-order chi connectivity index (χ0) is 14.5. The van der Waals surface area contributed by atoms with Gasteiger partial charge in [0.1, 0.15) is 0 Å². The molecule has 1 heterocycles. The van der Waals surface area contributed by atoms with Gasteiger partial charge in [0.25, 0.3) is 0 Å². The van der Waals surface area contributed by atoms with Gasteiger partial charge >= 0.3 is 5.97 Å². The minimum atomic E-state index is -0.738. The summed E-state index contributed by atoms with van der Waals surface area (Å²) in [6.07, 6.45) is 5.84. The predicted molar refractivity (Wildman–Crippen MR) is 75.8 cm³/mol. The lowest BCUT2D eigenvalue weighted by molar-refractivity contribution is -0.144. The van der Waals surface area contributed by atoms with Gasteiger partial charge in [-0.2, -0.15) is 0 Å². The largest absolute Gasteiger partial charge is 0.481 e. The first-order chi connectivity index (χ1) is 9.69. The first kappa shape index (κ1) is 15.7. The van der Waals surface area contributed by atoms with Gasteiger partial charge in [0.2, 0.25) is 0 Å². The van der Waals surface area contributed by atoms with E-state index in [1.807, 2.05) is 0 Å². The van der Waals surface area contributed by atoms with Crippen molar-refractivity contribution in [3.63, 3.8) is 0 Å². The fourth-order valence-corrected chi connectivity index (χ4v) is 3.67. The molecule has 0 amide bonds. The number of carbonyl (C=O) groups is 1. The lowest BCUT2D eigenvalue weighted by atomic mass is 9.88. The molecule has 1 saturated carbocycles. The van der Waals surface area contributed by atoms with Gasteiger partial charge in [-0.1, -0.05) is 19.8 Å². The summed E-state index contributed by atoms with van der Waals surface area (Å²) in [5, 5.41) is 9.38. The summed E-state index contributed by atoms with van der Waals surface area (Å²) in [6.45, 7) is 3.93. The van der Waals surface area contributed by atoms with Gasteiger partial charge in [-0.3, -0.25) is 9.69 Å². The highest BCUT2D eigenvalue weighted by Crippen LogP contribution is 2.30. The third-order valence-electron chi connectivity index (χ3n) is 4.67. The van der Waals surface area contributed by atoms with E-state index in [2.05, 4.69) is 11.8 Å². The van der Waals surface area contributed by atoms with Crippen LogP contribution in [0.4, 0.5) is 0 Å². The number of nitrogens with zero attached hydrogens (tertiary/aromatic N) is 1.